The largest absolute Gasteiger partial charge is 0.548 e. The number of amides is 1. The van der Waals surface area contributed by atoms with Gasteiger partial charge in [-0.3, -0.25) is 4.79 Å². The molecule has 0 aromatic carbocycles. The van der Waals surface area contributed by atoms with E-state index in [2.05, 4.69) is 0 Å². The van der Waals surface area contributed by atoms with Crippen molar-refractivity contribution in [2.45, 2.75) is 57.4 Å². The Morgan fingerprint density at radius 1 is 1.20 bits per heavy atom. The first kappa shape index (κ1) is 15.4. The van der Waals surface area contributed by atoms with Crippen LogP contribution in [0.4, 0.5) is 0 Å². The van der Waals surface area contributed by atoms with Gasteiger partial charge in [0.2, 0.25) is 5.91 Å². The predicted octanol–water partition coefficient (Wildman–Crippen LogP) is 1.55. The lowest BCUT2D eigenvalue weighted by molar-refractivity contribution is -0.310. The Morgan fingerprint density at radius 2 is 1.85 bits per heavy atom. The van der Waals surface area contributed by atoms with Crippen LogP contribution < -0.4 is 5.11 Å². The molecule has 0 radical (unpaired) electrons. The van der Waals surface area contributed by atoms with Crippen molar-refractivity contribution in [1.82, 2.24) is 4.90 Å². The lowest BCUT2D eigenvalue weighted by Crippen LogP contribution is -2.52. The van der Waals surface area contributed by atoms with E-state index in [0.29, 0.717) is 11.7 Å². The zero-order valence-corrected chi connectivity index (χ0v) is 12.9. The van der Waals surface area contributed by atoms with Crippen molar-refractivity contribution in [3.8, 4) is 0 Å². The summed E-state index contributed by atoms with van der Waals surface area (Å²) in [6.07, 6.45) is 7.34. The number of carbonyl (C=O) groups excluding carboxylic acids is 2. The number of carbonyl (C=O) groups is 2. The number of carboxylic acid groups (broad SMARTS) is 1. The van der Waals surface area contributed by atoms with Gasteiger partial charge >= 0.3 is 0 Å². The van der Waals surface area contributed by atoms with Crippen molar-refractivity contribution >= 4 is 23.6 Å². The predicted molar refractivity (Wildman–Crippen MR) is 77.9 cm³/mol. The fourth-order valence-electron chi connectivity index (χ4n) is 3.09. The maximum atomic E-state index is 12.4. The van der Waals surface area contributed by atoms with Crippen molar-refractivity contribution in [3.63, 3.8) is 0 Å². The molecule has 4 nitrogen and oxygen atoms in total. The molecule has 2 rings (SSSR count). The van der Waals surface area contributed by atoms with E-state index in [4.69, 9.17) is 0 Å². The molecular weight excluding hydrogens is 274 g/mol. The molecule has 1 saturated heterocycles. The molecule has 0 aromatic heterocycles. The van der Waals surface area contributed by atoms with Crippen molar-refractivity contribution in [3.05, 3.63) is 11.6 Å². The lowest BCUT2D eigenvalue weighted by Gasteiger charge is -2.35. The first-order chi connectivity index (χ1) is 9.50. The summed E-state index contributed by atoms with van der Waals surface area (Å²) in [5, 5.41) is 11.3. The molecule has 0 unspecified atom stereocenters. The molecule has 1 aliphatic carbocycles. The van der Waals surface area contributed by atoms with E-state index in [1.165, 1.54) is 25.3 Å². The summed E-state index contributed by atoms with van der Waals surface area (Å²) in [5.74, 6) is -0.440. The second-order valence-electron chi connectivity index (χ2n) is 5.92. The third kappa shape index (κ3) is 3.37. The summed E-state index contributed by atoms with van der Waals surface area (Å²) in [6.45, 7) is 3.70. The van der Waals surface area contributed by atoms with Crippen LogP contribution in [0.15, 0.2) is 11.6 Å². The van der Waals surface area contributed by atoms with Crippen LogP contribution in [-0.4, -0.2) is 33.9 Å². The summed E-state index contributed by atoms with van der Waals surface area (Å²) in [5.41, 5.74) is 0.895. The quantitative estimate of drug-likeness (QED) is 0.741. The molecule has 1 heterocycles. The van der Waals surface area contributed by atoms with Crippen LogP contribution in [0.1, 0.15) is 46.0 Å². The summed E-state index contributed by atoms with van der Waals surface area (Å²) < 4.78 is 0. The van der Waals surface area contributed by atoms with E-state index in [-0.39, 0.29) is 11.3 Å². The molecule has 5 heteroatoms. The van der Waals surface area contributed by atoms with E-state index in [1.54, 1.807) is 16.7 Å². The summed E-state index contributed by atoms with van der Waals surface area (Å²) in [6, 6.07) is -0.782. The van der Waals surface area contributed by atoms with Gasteiger partial charge in [0.1, 0.15) is 0 Å². The average Bonchev–Trinajstić information content (AvgIpc) is 2.83. The maximum absolute atomic E-state index is 12.4. The molecule has 1 saturated carbocycles. The molecule has 2 fully saturated rings. The van der Waals surface area contributed by atoms with Gasteiger partial charge in [-0.1, -0.05) is 24.8 Å². The molecule has 0 bridgehead atoms. The highest BCUT2D eigenvalue weighted by Gasteiger charge is 2.41. The zero-order valence-electron chi connectivity index (χ0n) is 12.1. The van der Waals surface area contributed by atoms with Gasteiger partial charge in [0.15, 0.2) is 0 Å². The van der Waals surface area contributed by atoms with Crippen molar-refractivity contribution < 1.29 is 14.7 Å². The summed E-state index contributed by atoms with van der Waals surface area (Å²) in [7, 11) is 0. The Balaban J connectivity index is 2.19. The molecule has 0 spiro atoms. The molecular formula is C15H22NO3S-. The highest BCUT2D eigenvalue weighted by molar-refractivity contribution is 8.00. The van der Waals surface area contributed by atoms with Gasteiger partial charge in [0, 0.05) is 11.8 Å². The second-order valence-corrected chi connectivity index (χ2v) is 7.07. The smallest absolute Gasteiger partial charge is 0.247 e. The van der Waals surface area contributed by atoms with E-state index in [9.17, 15) is 14.7 Å². The zero-order chi connectivity index (χ0) is 14.7. The molecule has 1 amide bonds. The fraction of sp³-hybridized carbons (Fsp3) is 0.733. The molecule has 1 aliphatic heterocycles. The van der Waals surface area contributed by atoms with E-state index in [1.807, 2.05) is 13.8 Å². The Bertz CT molecular complexity index is 411. The minimum absolute atomic E-state index is 0.00120. The molecule has 20 heavy (non-hydrogen) atoms. The van der Waals surface area contributed by atoms with Gasteiger partial charge in [0.25, 0.3) is 0 Å². The van der Waals surface area contributed by atoms with Crippen LogP contribution in [0.3, 0.4) is 0 Å². The Morgan fingerprint density at radius 3 is 2.40 bits per heavy atom. The molecule has 2 atom stereocenters. The van der Waals surface area contributed by atoms with Crippen LogP contribution in [-0.2, 0) is 9.59 Å². The molecule has 0 aromatic rings. The number of aliphatic carboxylic acids is 1. The van der Waals surface area contributed by atoms with Gasteiger partial charge in [-0.2, -0.15) is 0 Å². The molecule has 2 aliphatic rings. The summed E-state index contributed by atoms with van der Waals surface area (Å²) in [4.78, 5) is 25.2. The topological polar surface area (TPSA) is 60.4 Å². The standard InChI is InChI=1S/C15H23NO3S/c1-10(2)8-13(17)16-12(15(18)19)9-20-14(16)11-6-4-3-5-7-11/h8,11-12,14H,3-7,9H2,1-2H3,(H,18,19)/p-1/t12-,14-/m0/s1. The third-order valence-corrected chi connectivity index (χ3v) is 5.49. The number of allylic oxidation sites excluding steroid dienone is 1. The number of hydrogen-bond donors (Lipinski definition) is 0. The number of thioether (sulfide) groups is 1. The Labute approximate surface area is 124 Å². The number of hydrogen-bond acceptors (Lipinski definition) is 4. The van der Waals surface area contributed by atoms with E-state index in [0.717, 1.165) is 18.4 Å². The van der Waals surface area contributed by atoms with E-state index < -0.39 is 12.0 Å². The second kappa shape index (κ2) is 6.66. The first-order valence-corrected chi connectivity index (χ1v) is 8.35. The van der Waals surface area contributed by atoms with Gasteiger partial charge in [-0.05, 0) is 32.6 Å². The highest BCUT2D eigenvalue weighted by atomic mass is 32.2. The monoisotopic (exact) mass is 296 g/mol. The minimum atomic E-state index is -1.13. The highest BCUT2D eigenvalue weighted by Crippen LogP contribution is 2.40. The fourth-order valence-corrected chi connectivity index (χ4v) is 4.72. The van der Waals surface area contributed by atoms with Crippen molar-refractivity contribution in [1.29, 1.82) is 0 Å². The van der Waals surface area contributed by atoms with Crippen LogP contribution in [0.25, 0.3) is 0 Å². The van der Waals surface area contributed by atoms with Gasteiger partial charge < -0.3 is 14.8 Å². The third-order valence-electron chi connectivity index (χ3n) is 4.03. The summed E-state index contributed by atoms with van der Waals surface area (Å²) >= 11 is 1.60. The van der Waals surface area contributed by atoms with Gasteiger partial charge in [0.05, 0.1) is 17.4 Å². The van der Waals surface area contributed by atoms with Crippen LogP contribution in [0.5, 0.6) is 0 Å². The van der Waals surface area contributed by atoms with E-state index >= 15 is 0 Å². The van der Waals surface area contributed by atoms with Crippen LogP contribution in [0.2, 0.25) is 0 Å². The van der Waals surface area contributed by atoms with Gasteiger partial charge in [-0.15, -0.1) is 11.8 Å². The van der Waals surface area contributed by atoms with Crippen molar-refractivity contribution in [2.75, 3.05) is 5.75 Å². The lowest BCUT2D eigenvalue weighted by atomic mass is 9.88. The molecule has 112 valence electrons. The number of rotatable bonds is 3. The number of nitrogens with zero attached hydrogens (tertiary/aromatic N) is 1. The first-order valence-electron chi connectivity index (χ1n) is 7.30. The SMILES string of the molecule is CC(C)=CC(=O)N1[C@H](C(=O)[O-])CS[C@H]1C1CCCCC1. The van der Waals surface area contributed by atoms with Crippen LogP contribution in [0, 0.1) is 5.92 Å². The Kier molecular flexibility index (Phi) is 5.13. The van der Waals surface area contributed by atoms with Crippen LogP contribution >= 0.6 is 11.8 Å². The average molecular weight is 296 g/mol. The minimum Gasteiger partial charge on any atom is -0.548 e. The van der Waals surface area contributed by atoms with Gasteiger partial charge in [-0.25, -0.2) is 0 Å². The normalized spacial score (nSPS) is 27.4. The molecule has 0 N–H and O–H groups in total. The van der Waals surface area contributed by atoms with Crippen molar-refractivity contribution in [2.24, 2.45) is 5.92 Å². The number of carboxylic acids is 1. The maximum Gasteiger partial charge on any atom is 0.247 e. The Hall–Kier alpha value is -0.970.